The Bertz CT molecular complexity index is 1350. The summed E-state index contributed by atoms with van der Waals surface area (Å²) in [5, 5.41) is 11.3. The van der Waals surface area contributed by atoms with E-state index in [0.29, 0.717) is 50.9 Å². The maximum Gasteiger partial charge on any atom is 0.329 e. The first-order chi connectivity index (χ1) is 17.4. The summed E-state index contributed by atoms with van der Waals surface area (Å²) in [5.74, 6) is 1.10. The molecule has 0 fully saturated rings. The first kappa shape index (κ1) is 25.5. The minimum absolute atomic E-state index is 0.394. The summed E-state index contributed by atoms with van der Waals surface area (Å²) in [6.45, 7) is 0. The van der Waals surface area contributed by atoms with Crippen LogP contribution >= 0.6 is 11.8 Å². The van der Waals surface area contributed by atoms with E-state index >= 15 is 0 Å². The molecule has 0 spiro atoms. The van der Waals surface area contributed by atoms with Crippen molar-refractivity contribution >= 4 is 28.7 Å². The van der Waals surface area contributed by atoms with E-state index in [1.165, 1.54) is 11.8 Å². The van der Waals surface area contributed by atoms with Crippen LogP contribution in [0, 0.1) is 0 Å². The number of thioether (sulfide) groups is 1. The van der Waals surface area contributed by atoms with Crippen LogP contribution in [-0.2, 0) is 10.3 Å². The number of rotatable bonds is 10. The number of fused-ring (bicyclic) bond motifs is 1. The van der Waals surface area contributed by atoms with Gasteiger partial charge >= 0.3 is 5.97 Å². The van der Waals surface area contributed by atoms with E-state index in [2.05, 4.69) is 0 Å². The van der Waals surface area contributed by atoms with Crippen molar-refractivity contribution in [3.8, 4) is 28.6 Å². The van der Waals surface area contributed by atoms with E-state index in [9.17, 15) is 9.90 Å². The maximum absolute atomic E-state index is 13.1. The van der Waals surface area contributed by atoms with Crippen LogP contribution in [0.3, 0.4) is 0 Å². The Kier molecular flexibility index (Phi) is 7.47. The Morgan fingerprint density at radius 2 is 1.50 bits per heavy atom. The van der Waals surface area contributed by atoms with Crippen molar-refractivity contribution in [3.63, 3.8) is 0 Å². The summed E-state index contributed by atoms with van der Waals surface area (Å²) in [4.78, 5) is 13.1. The molecule has 8 heteroatoms. The van der Waals surface area contributed by atoms with Crippen molar-refractivity contribution in [2.24, 2.45) is 5.73 Å². The fourth-order valence-electron chi connectivity index (χ4n) is 4.48. The number of benzene rings is 3. The average Bonchev–Trinajstić information content (AvgIpc) is 3.30. The number of hydrogen-bond acceptors (Lipinski definition) is 7. The molecule has 188 valence electrons. The number of hydrogen-bond donors (Lipinski definition) is 2. The molecule has 0 saturated carbocycles. The fourth-order valence-corrected chi connectivity index (χ4v) is 5.27. The summed E-state index contributed by atoms with van der Waals surface area (Å²) in [7, 11) is 4.75. The number of nitrogens with two attached hydrogens (primary N) is 1. The van der Waals surface area contributed by atoms with Gasteiger partial charge in [0.2, 0.25) is 0 Å². The molecule has 0 amide bonds. The number of carboxylic acids is 1. The molecule has 7 nitrogen and oxygen atoms in total. The summed E-state index contributed by atoms with van der Waals surface area (Å²) >= 11 is 1.53. The average molecular weight is 508 g/mol. The molecule has 1 aromatic heterocycles. The molecule has 0 bridgehead atoms. The molecule has 3 aromatic carbocycles. The Hall–Kier alpha value is -3.62. The molecular formula is C28H29NO6S. The van der Waals surface area contributed by atoms with Crippen molar-refractivity contribution in [2.45, 2.75) is 11.5 Å². The minimum atomic E-state index is -1.81. The molecule has 0 aliphatic rings. The molecule has 0 radical (unpaired) electrons. The highest BCUT2D eigenvalue weighted by atomic mass is 32.2. The number of aliphatic carboxylic acids is 1. The monoisotopic (exact) mass is 507 g/mol. The Labute approximate surface area is 214 Å². The first-order valence-electron chi connectivity index (χ1n) is 11.3. The van der Waals surface area contributed by atoms with Crippen LogP contribution in [0.15, 0.2) is 71.1 Å². The zero-order chi connectivity index (χ0) is 25.9. The Balaban J connectivity index is 2.02. The second-order valence-electron chi connectivity index (χ2n) is 8.35. The second kappa shape index (κ2) is 10.6. The molecule has 0 aliphatic carbocycles. The largest absolute Gasteiger partial charge is 0.497 e. The summed E-state index contributed by atoms with van der Waals surface area (Å²) in [5.41, 5.74) is 7.58. The van der Waals surface area contributed by atoms with Crippen molar-refractivity contribution < 1.29 is 28.5 Å². The summed E-state index contributed by atoms with van der Waals surface area (Å²) in [6, 6.07) is 19.9. The van der Waals surface area contributed by atoms with Gasteiger partial charge < -0.3 is 29.5 Å². The molecule has 0 aliphatic heterocycles. The van der Waals surface area contributed by atoms with Crippen LogP contribution in [0.5, 0.6) is 17.2 Å². The lowest BCUT2D eigenvalue weighted by Crippen LogP contribution is -2.51. The Morgan fingerprint density at radius 3 is 2.03 bits per heavy atom. The molecule has 4 rings (SSSR count). The highest BCUT2D eigenvalue weighted by Gasteiger charge is 2.48. The smallest absolute Gasteiger partial charge is 0.329 e. The molecule has 3 N–H and O–H groups in total. The van der Waals surface area contributed by atoms with Gasteiger partial charge in [-0.2, -0.15) is 11.8 Å². The zero-order valence-corrected chi connectivity index (χ0v) is 21.4. The summed E-state index contributed by atoms with van der Waals surface area (Å²) in [6.07, 6.45) is 1.93. The number of ether oxygens (including phenoxy) is 3. The lowest BCUT2D eigenvalue weighted by molar-refractivity contribution is -0.144. The predicted octanol–water partition coefficient (Wildman–Crippen LogP) is 5.51. The van der Waals surface area contributed by atoms with Gasteiger partial charge in [0, 0.05) is 34.3 Å². The molecule has 0 saturated heterocycles. The van der Waals surface area contributed by atoms with Gasteiger partial charge in [-0.15, -0.1) is 0 Å². The quantitative estimate of drug-likeness (QED) is 0.290. The predicted molar refractivity (Wildman–Crippen MR) is 142 cm³/mol. The lowest BCUT2D eigenvalue weighted by Gasteiger charge is -2.34. The van der Waals surface area contributed by atoms with Crippen LogP contribution in [-0.4, -0.2) is 44.4 Å². The van der Waals surface area contributed by atoms with Gasteiger partial charge in [0.15, 0.2) is 5.54 Å². The second-order valence-corrected chi connectivity index (χ2v) is 9.26. The van der Waals surface area contributed by atoms with Gasteiger partial charge in [0.25, 0.3) is 0 Å². The maximum atomic E-state index is 13.1. The molecular weight excluding hydrogens is 478 g/mol. The van der Waals surface area contributed by atoms with Gasteiger partial charge in [0.05, 0.1) is 21.3 Å². The molecule has 1 heterocycles. The van der Waals surface area contributed by atoms with Gasteiger partial charge in [0.1, 0.15) is 28.6 Å². The van der Waals surface area contributed by atoms with E-state index in [1.807, 2.05) is 42.7 Å². The highest BCUT2D eigenvalue weighted by molar-refractivity contribution is 7.98. The first-order valence-corrected chi connectivity index (χ1v) is 12.7. The number of carboxylic acid groups (broad SMARTS) is 1. The van der Waals surface area contributed by atoms with Crippen LogP contribution < -0.4 is 19.9 Å². The SMILES string of the molecule is COc1ccc(-c2oc3cc(OC)ccc3c2C(N)(C(=O)O)C(CSC)c2ccc(OC)cc2)cc1. The number of furan rings is 1. The van der Waals surface area contributed by atoms with Crippen LogP contribution in [0.4, 0.5) is 0 Å². The third kappa shape index (κ3) is 4.50. The zero-order valence-electron chi connectivity index (χ0n) is 20.6. The number of carbonyl (C=O) groups is 1. The van der Waals surface area contributed by atoms with Crippen molar-refractivity contribution in [1.82, 2.24) is 0 Å². The van der Waals surface area contributed by atoms with Crippen molar-refractivity contribution in [1.29, 1.82) is 0 Å². The molecule has 4 aromatic rings. The molecule has 36 heavy (non-hydrogen) atoms. The highest BCUT2D eigenvalue weighted by Crippen LogP contribution is 2.47. The topological polar surface area (TPSA) is 104 Å². The van der Waals surface area contributed by atoms with Crippen LogP contribution in [0.25, 0.3) is 22.3 Å². The summed E-state index contributed by atoms with van der Waals surface area (Å²) < 4.78 is 22.3. The molecule has 2 unspecified atom stereocenters. The van der Waals surface area contributed by atoms with Crippen molar-refractivity contribution in [3.05, 3.63) is 77.9 Å². The lowest BCUT2D eigenvalue weighted by atomic mass is 9.74. The molecule has 2 atom stereocenters. The van der Waals surface area contributed by atoms with E-state index in [0.717, 1.165) is 5.56 Å². The van der Waals surface area contributed by atoms with Gasteiger partial charge in [-0.25, -0.2) is 4.79 Å². The fraction of sp³-hybridized carbons (Fsp3) is 0.250. The minimum Gasteiger partial charge on any atom is -0.497 e. The van der Waals surface area contributed by atoms with Gasteiger partial charge in [-0.1, -0.05) is 12.1 Å². The van der Waals surface area contributed by atoms with Gasteiger partial charge in [-0.3, -0.25) is 0 Å². The van der Waals surface area contributed by atoms with Gasteiger partial charge in [-0.05, 0) is 60.4 Å². The van der Waals surface area contributed by atoms with E-state index in [4.69, 9.17) is 24.4 Å². The number of methoxy groups -OCH3 is 3. The normalized spacial score (nSPS) is 13.7. The third-order valence-corrected chi connectivity index (χ3v) is 7.08. The third-order valence-electron chi connectivity index (χ3n) is 6.42. The van der Waals surface area contributed by atoms with E-state index in [-0.39, 0.29) is 0 Å². The van der Waals surface area contributed by atoms with E-state index in [1.54, 1.807) is 51.7 Å². The standard InChI is InChI=1S/C28H29NO6S/c1-32-19-9-5-17(6-10-19)23(16-36-4)28(29,27(30)31)25-22-14-13-21(34-3)15-24(22)35-26(25)18-7-11-20(33-2)12-8-18/h5-15,23H,16,29H2,1-4H3,(H,30,31). The van der Waals surface area contributed by atoms with E-state index < -0.39 is 17.4 Å². The van der Waals surface area contributed by atoms with Crippen molar-refractivity contribution in [2.75, 3.05) is 33.3 Å². The Morgan fingerprint density at radius 1 is 0.944 bits per heavy atom. The van der Waals surface area contributed by atoms with Crippen LogP contribution in [0.1, 0.15) is 17.0 Å². The van der Waals surface area contributed by atoms with Crippen LogP contribution in [0.2, 0.25) is 0 Å².